The second kappa shape index (κ2) is 12.4. The van der Waals surface area contributed by atoms with Crippen molar-refractivity contribution in [1.82, 2.24) is 15.1 Å². The number of carboxylic acid groups (broad SMARTS) is 1. The number of carboxylic acids is 1. The monoisotopic (exact) mass is 562 g/mol. The Morgan fingerprint density at radius 2 is 1.68 bits per heavy atom. The molecule has 41 heavy (non-hydrogen) atoms. The van der Waals surface area contributed by atoms with E-state index in [9.17, 15) is 28.3 Å². The van der Waals surface area contributed by atoms with Crippen molar-refractivity contribution in [3.8, 4) is 11.3 Å². The van der Waals surface area contributed by atoms with Crippen LogP contribution in [0.15, 0.2) is 72.8 Å². The van der Waals surface area contributed by atoms with E-state index in [1.807, 2.05) is 30.3 Å². The highest BCUT2D eigenvalue weighted by Crippen LogP contribution is 2.30. The maximum Gasteiger partial charge on any atom is 0.412 e. The zero-order valence-corrected chi connectivity index (χ0v) is 22.5. The van der Waals surface area contributed by atoms with Gasteiger partial charge < -0.3 is 15.2 Å². The number of ether oxygens (including phenoxy) is 1. The lowest BCUT2D eigenvalue weighted by atomic mass is 10.0. The minimum atomic E-state index is -1.37. The number of hydrogen-bond donors (Lipinski definition) is 3. The van der Waals surface area contributed by atoms with Gasteiger partial charge in [-0.25, -0.2) is 18.4 Å². The van der Waals surface area contributed by atoms with E-state index in [0.29, 0.717) is 22.6 Å². The zero-order chi connectivity index (χ0) is 29.7. The SMILES string of the molecule is Cc1c(NC(=O)O[C@H](C)c2ccccc2)c(-c2ccc(C(=O)NC(Cc3ccc(F)c(F)c3)C(=O)O)cc2)nn1C. The lowest BCUT2D eigenvalue weighted by molar-refractivity contribution is -0.139. The average Bonchev–Trinajstić information content (AvgIpc) is 3.23. The summed E-state index contributed by atoms with van der Waals surface area (Å²) in [6.07, 6.45) is -1.38. The molecule has 4 aromatic rings. The van der Waals surface area contributed by atoms with E-state index >= 15 is 0 Å². The summed E-state index contributed by atoms with van der Waals surface area (Å²) in [5.41, 5.74) is 3.38. The summed E-state index contributed by atoms with van der Waals surface area (Å²) in [5, 5.41) is 19.2. The summed E-state index contributed by atoms with van der Waals surface area (Å²) >= 11 is 0. The number of benzene rings is 3. The predicted octanol–water partition coefficient (Wildman–Crippen LogP) is 5.41. The summed E-state index contributed by atoms with van der Waals surface area (Å²) in [7, 11) is 1.72. The molecule has 0 spiro atoms. The lowest BCUT2D eigenvalue weighted by Crippen LogP contribution is -2.42. The molecule has 2 amide bonds. The second-order valence-electron chi connectivity index (χ2n) is 9.41. The van der Waals surface area contributed by atoms with Crippen molar-refractivity contribution in [2.45, 2.75) is 32.4 Å². The van der Waals surface area contributed by atoms with E-state index in [2.05, 4.69) is 15.7 Å². The van der Waals surface area contributed by atoms with E-state index in [-0.39, 0.29) is 17.5 Å². The molecule has 1 aromatic heterocycles. The molecule has 0 fully saturated rings. The number of aliphatic carboxylic acids is 1. The third kappa shape index (κ3) is 6.93. The number of amides is 2. The van der Waals surface area contributed by atoms with Gasteiger partial charge in [0, 0.05) is 24.6 Å². The first-order valence-electron chi connectivity index (χ1n) is 12.7. The molecule has 1 unspecified atom stereocenters. The van der Waals surface area contributed by atoms with Crippen molar-refractivity contribution in [3.63, 3.8) is 0 Å². The first-order valence-corrected chi connectivity index (χ1v) is 12.7. The maximum atomic E-state index is 13.5. The molecule has 0 saturated carbocycles. The summed E-state index contributed by atoms with van der Waals surface area (Å²) in [6.45, 7) is 3.55. The number of aryl methyl sites for hydroxylation is 1. The minimum absolute atomic E-state index is 0.170. The topological polar surface area (TPSA) is 123 Å². The molecule has 0 aliphatic rings. The third-order valence-electron chi connectivity index (χ3n) is 6.56. The van der Waals surface area contributed by atoms with E-state index in [0.717, 1.165) is 17.7 Å². The largest absolute Gasteiger partial charge is 0.480 e. The number of halogens is 2. The fourth-order valence-corrected chi connectivity index (χ4v) is 4.17. The number of rotatable bonds is 9. The Hall–Kier alpha value is -5.06. The van der Waals surface area contributed by atoms with Crippen LogP contribution in [0.3, 0.4) is 0 Å². The van der Waals surface area contributed by atoms with Crippen LogP contribution in [-0.4, -0.2) is 38.9 Å². The van der Waals surface area contributed by atoms with Crippen LogP contribution in [-0.2, 0) is 23.0 Å². The maximum absolute atomic E-state index is 13.5. The second-order valence-corrected chi connectivity index (χ2v) is 9.41. The molecule has 0 radical (unpaired) electrons. The minimum Gasteiger partial charge on any atom is -0.480 e. The van der Waals surface area contributed by atoms with Crippen LogP contribution in [0, 0.1) is 18.6 Å². The number of nitrogens with one attached hydrogen (secondary N) is 2. The van der Waals surface area contributed by atoms with Crippen LogP contribution in [0.1, 0.15) is 40.2 Å². The van der Waals surface area contributed by atoms with Crippen LogP contribution >= 0.6 is 0 Å². The van der Waals surface area contributed by atoms with Crippen LogP contribution in [0.5, 0.6) is 0 Å². The van der Waals surface area contributed by atoms with Gasteiger partial charge in [0.2, 0.25) is 0 Å². The van der Waals surface area contributed by atoms with Crippen molar-refractivity contribution in [1.29, 1.82) is 0 Å². The summed E-state index contributed by atoms with van der Waals surface area (Å²) in [5.74, 6) is -4.15. The van der Waals surface area contributed by atoms with Crippen LogP contribution in [0.4, 0.5) is 19.3 Å². The zero-order valence-electron chi connectivity index (χ0n) is 22.5. The number of hydrogen-bond acceptors (Lipinski definition) is 5. The standard InChI is InChI=1S/C30H28F2N4O5/c1-17-26(34-30(40)41-18(2)20-7-5-4-6-8-20)27(35-36(17)3)21-10-12-22(13-11-21)28(37)33-25(29(38)39)16-19-9-14-23(31)24(32)15-19/h4-15,18,25H,16H2,1-3H3,(H,33,37)(H,34,40)(H,38,39)/t18-,25?/m1/s1. The third-order valence-corrected chi connectivity index (χ3v) is 6.56. The first-order chi connectivity index (χ1) is 19.5. The molecule has 212 valence electrons. The molecular weight excluding hydrogens is 534 g/mol. The fourth-order valence-electron chi connectivity index (χ4n) is 4.17. The number of carbonyl (C=O) groups excluding carboxylic acids is 2. The van der Waals surface area contributed by atoms with Crippen molar-refractivity contribution < 1.29 is 33.0 Å². The average molecular weight is 563 g/mol. The van der Waals surface area contributed by atoms with Crippen LogP contribution < -0.4 is 10.6 Å². The Morgan fingerprint density at radius 3 is 2.32 bits per heavy atom. The van der Waals surface area contributed by atoms with Crippen molar-refractivity contribution >= 4 is 23.7 Å². The van der Waals surface area contributed by atoms with E-state index < -0.39 is 41.7 Å². The molecule has 3 N–H and O–H groups in total. The molecule has 2 atom stereocenters. The highest BCUT2D eigenvalue weighted by Gasteiger charge is 2.23. The number of anilines is 1. The highest BCUT2D eigenvalue weighted by molar-refractivity contribution is 5.97. The van der Waals surface area contributed by atoms with Gasteiger partial charge in [-0.05, 0) is 49.2 Å². The normalized spacial score (nSPS) is 12.3. The van der Waals surface area contributed by atoms with E-state index in [1.165, 1.54) is 18.2 Å². The quantitative estimate of drug-likeness (QED) is 0.251. The summed E-state index contributed by atoms with van der Waals surface area (Å²) in [4.78, 5) is 37.2. The van der Waals surface area contributed by atoms with Gasteiger partial charge in [-0.2, -0.15) is 5.10 Å². The smallest absolute Gasteiger partial charge is 0.412 e. The molecule has 11 heteroatoms. The van der Waals surface area contributed by atoms with E-state index in [1.54, 1.807) is 37.7 Å². The van der Waals surface area contributed by atoms with Gasteiger partial charge in [-0.15, -0.1) is 0 Å². The molecule has 9 nitrogen and oxygen atoms in total. The Kier molecular flexibility index (Phi) is 8.76. The first kappa shape index (κ1) is 28.9. The van der Waals surface area contributed by atoms with E-state index in [4.69, 9.17) is 4.74 Å². The van der Waals surface area contributed by atoms with Gasteiger partial charge in [0.1, 0.15) is 17.8 Å². The molecule has 0 aliphatic carbocycles. The van der Waals surface area contributed by atoms with Crippen molar-refractivity contribution in [2.75, 3.05) is 5.32 Å². The number of aromatic nitrogens is 2. The Balaban J connectivity index is 1.47. The van der Waals surface area contributed by atoms with Crippen molar-refractivity contribution in [2.24, 2.45) is 7.05 Å². The molecule has 3 aromatic carbocycles. The van der Waals surface area contributed by atoms with Crippen LogP contribution in [0.2, 0.25) is 0 Å². The molecule has 1 heterocycles. The van der Waals surface area contributed by atoms with Gasteiger partial charge in [0.25, 0.3) is 5.91 Å². The Morgan fingerprint density at radius 1 is 1.00 bits per heavy atom. The number of nitrogens with zero attached hydrogens (tertiary/aromatic N) is 2. The van der Waals surface area contributed by atoms with Gasteiger partial charge in [0.05, 0.1) is 11.4 Å². The van der Waals surface area contributed by atoms with Gasteiger partial charge in [-0.3, -0.25) is 14.8 Å². The predicted molar refractivity (Wildman–Crippen MR) is 147 cm³/mol. The van der Waals surface area contributed by atoms with Gasteiger partial charge in [0.15, 0.2) is 11.6 Å². The fraction of sp³-hybridized carbons (Fsp3) is 0.200. The molecule has 0 saturated heterocycles. The lowest BCUT2D eigenvalue weighted by Gasteiger charge is -2.15. The summed E-state index contributed by atoms with van der Waals surface area (Å²) in [6, 6.07) is 17.2. The molecular formula is C30H28F2N4O5. The highest BCUT2D eigenvalue weighted by atomic mass is 19.2. The Labute approximate surface area is 234 Å². The van der Waals surface area contributed by atoms with Crippen molar-refractivity contribution in [3.05, 3.63) is 107 Å². The molecule has 4 rings (SSSR count). The van der Waals surface area contributed by atoms with Gasteiger partial charge >= 0.3 is 12.1 Å². The van der Waals surface area contributed by atoms with Crippen LogP contribution in [0.25, 0.3) is 11.3 Å². The molecule has 0 aliphatic heterocycles. The summed E-state index contributed by atoms with van der Waals surface area (Å²) < 4.78 is 33.9. The molecule has 0 bridgehead atoms. The number of carbonyl (C=O) groups is 3. The van der Waals surface area contributed by atoms with Gasteiger partial charge in [-0.1, -0.05) is 48.5 Å². The Bertz CT molecular complexity index is 1570.